The van der Waals surface area contributed by atoms with E-state index in [1.54, 1.807) is 24.8 Å². The third-order valence-corrected chi connectivity index (χ3v) is 15.2. The van der Waals surface area contributed by atoms with E-state index in [2.05, 4.69) is 108 Å². The van der Waals surface area contributed by atoms with Crippen molar-refractivity contribution in [2.75, 3.05) is 62.8 Å². The number of aryl methyl sites for hydroxylation is 3. The average molecular weight is 1720 g/mol. The first-order valence-corrected chi connectivity index (χ1v) is 28.4. The van der Waals surface area contributed by atoms with Crippen LogP contribution in [-0.4, -0.2) is 118 Å². The van der Waals surface area contributed by atoms with Gasteiger partial charge in [0.2, 0.25) is 0 Å². The van der Waals surface area contributed by atoms with Gasteiger partial charge >= 0.3 is 5.97 Å². The molecule has 39 heteroatoms. The Labute approximate surface area is 611 Å². The van der Waals surface area contributed by atoms with Gasteiger partial charge in [-0.25, -0.2) is 19.9 Å². The first-order valence-electron chi connectivity index (χ1n) is 25.3. The lowest BCUT2D eigenvalue weighted by molar-refractivity contribution is -0.142. The Kier molecular flexibility index (Phi) is 77.3. The lowest BCUT2D eigenvalue weighted by Crippen LogP contribution is -2.31. The fraction of sp³-hybridized carbons (Fsp3) is 0.510. The molecule has 88 heavy (non-hydrogen) atoms. The van der Waals surface area contributed by atoms with Crippen LogP contribution < -0.4 is 57.3 Å². The molecule has 25 nitrogen and oxygen atoms in total. The van der Waals surface area contributed by atoms with Gasteiger partial charge in [-0.3, -0.25) is 19.2 Å². The summed E-state index contributed by atoms with van der Waals surface area (Å²) in [5, 5.41) is 0. The van der Waals surface area contributed by atoms with Gasteiger partial charge in [0.25, 0.3) is 0 Å². The topological polar surface area (TPSA) is 462 Å². The maximum Gasteiger partial charge on any atom is 0.322 e. The standard InChI is InChI=1S/C14H18Br2N4O.C12H14Br2N4O.C7H14N4.C7H16N2O2.C5H10N4.C4H10N2O.10ClH/c1-20-11(7-10(15)13(20)16)12(21)6-4-2-3-5-9-8-18-14(17)19-9;1-18-9(5-8(13)11(18)14)10(19)4-2-3-7-6-16-12(15)17-7;8-4-2-1-3-6-5-10-7(9)11-6;1-11-7(10)6(9)4-2-3-5-8;6-2-1-4-3-8-5(7)9-4;5-2-1-4(7)3-6;;;;;;;;;;/h7-8H,2-6H2,1H3,(H3,17,18,19);5-6H,2-4H2,1H3,(H3,15,16,17);5H,1-4,8H2,(H3,9,10,11);6H,2-5,8-9H2,1H3;3H,1-2,6H2,(H3,7,8,9);1-3,5-6H2;10*1H. The number of H-pyrrole nitrogens is 4. The Morgan fingerprint density at radius 2 is 0.818 bits per heavy atom. The number of nitrogens with two attached hydrogens (primary N) is 10. The highest BCUT2D eigenvalue weighted by molar-refractivity contribution is 9.13. The van der Waals surface area contributed by atoms with E-state index in [-0.39, 0.29) is 154 Å². The minimum Gasteiger partial charge on any atom is -0.468 e. The van der Waals surface area contributed by atoms with Crippen molar-refractivity contribution in [1.82, 2.24) is 49.0 Å². The van der Waals surface area contributed by atoms with E-state index in [1.807, 2.05) is 35.4 Å². The number of ether oxygens (including phenoxy) is 1. The summed E-state index contributed by atoms with van der Waals surface area (Å²) in [7, 11) is 5.08. The Hall–Kier alpha value is -2.34. The number of carbonyl (C=O) groups excluding carboxylic acids is 4. The fourth-order valence-electron chi connectivity index (χ4n) is 6.76. The van der Waals surface area contributed by atoms with Crippen LogP contribution >= 0.6 is 188 Å². The number of nitrogens with one attached hydrogen (secondary N) is 4. The van der Waals surface area contributed by atoms with Gasteiger partial charge in [-0.15, -0.1) is 124 Å². The number of nitrogens with zero attached hydrogens (tertiary/aromatic N) is 6. The fourth-order valence-corrected chi connectivity index (χ4v) is 8.34. The van der Waals surface area contributed by atoms with Crippen LogP contribution in [0.15, 0.2) is 55.1 Å². The number of methoxy groups -OCH3 is 1. The number of unbranched alkanes of at least 4 members (excludes halogenated alkanes) is 4. The molecule has 0 radical (unpaired) electrons. The number of aromatic nitrogens is 10. The van der Waals surface area contributed by atoms with E-state index in [9.17, 15) is 19.2 Å². The molecule has 0 amide bonds. The Morgan fingerprint density at radius 1 is 0.477 bits per heavy atom. The molecule has 1 atom stereocenters. The van der Waals surface area contributed by atoms with Crippen molar-refractivity contribution >= 4 is 235 Å². The van der Waals surface area contributed by atoms with Gasteiger partial charge in [0.05, 0.1) is 68.0 Å². The molecule has 0 saturated carbocycles. The van der Waals surface area contributed by atoms with Crippen LogP contribution in [0.2, 0.25) is 0 Å². The molecule has 0 bridgehead atoms. The normalized spacial score (nSPS) is 9.56. The summed E-state index contributed by atoms with van der Waals surface area (Å²) in [5.41, 5.74) is 58.6. The summed E-state index contributed by atoms with van der Waals surface area (Å²) in [5.74, 6) is 1.81. The number of hydrogen-bond donors (Lipinski definition) is 14. The van der Waals surface area contributed by atoms with Crippen molar-refractivity contribution in [2.24, 2.45) is 48.5 Å². The number of aromatic amines is 4. The van der Waals surface area contributed by atoms with Crippen LogP contribution in [0.4, 0.5) is 23.8 Å². The second-order valence-corrected chi connectivity index (χ2v) is 20.6. The largest absolute Gasteiger partial charge is 0.468 e. The third-order valence-electron chi connectivity index (χ3n) is 11.0. The van der Waals surface area contributed by atoms with Crippen LogP contribution in [0.3, 0.4) is 0 Å². The number of imidazole rings is 4. The quantitative estimate of drug-likeness (QED) is 0.0136. The molecule has 24 N–H and O–H groups in total. The molecule has 0 fully saturated rings. The first kappa shape index (κ1) is 107. The van der Waals surface area contributed by atoms with Crippen LogP contribution in [0.25, 0.3) is 0 Å². The summed E-state index contributed by atoms with van der Waals surface area (Å²) >= 11 is 13.7. The summed E-state index contributed by atoms with van der Waals surface area (Å²) in [6.45, 7) is 2.56. The number of esters is 1. The van der Waals surface area contributed by atoms with Gasteiger partial charge in [-0.05, 0) is 166 Å². The van der Waals surface area contributed by atoms with Crippen LogP contribution in [0.5, 0.6) is 0 Å². The summed E-state index contributed by atoms with van der Waals surface area (Å²) in [6.07, 6.45) is 20.2. The predicted molar refractivity (Wildman–Crippen MR) is 395 cm³/mol. The molecule has 0 aliphatic carbocycles. The molecule has 0 spiro atoms. The third kappa shape index (κ3) is 45.8. The Balaban J connectivity index is -0.000000105. The molecule has 0 saturated heterocycles. The number of carbonyl (C=O) groups is 4. The molecule has 0 aromatic carbocycles. The molecule has 516 valence electrons. The van der Waals surface area contributed by atoms with E-state index in [1.165, 1.54) is 7.11 Å². The first-order chi connectivity index (χ1) is 37.2. The highest BCUT2D eigenvalue weighted by Crippen LogP contribution is 2.28. The second kappa shape index (κ2) is 63.4. The number of halogens is 14. The maximum atomic E-state index is 12.2. The smallest absolute Gasteiger partial charge is 0.322 e. The van der Waals surface area contributed by atoms with Gasteiger partial charge in [-0.2, -0.15) is 0 Å². The minimum atomic E-state index is -0.480. The van der Waals surface area contributed by atoms with Gasteiger partial charge in [0, 0.05) is 62.6 Å². The number of Topliss-reactive ketones (excluding diaryl/α,β-unsaturated/α-hetero) is 3. The van der Waals surface area contributed by atoms with Crippen molar-refractivity contribution in [3.8, 4) is 0 Å². The van der Waals surface area contributed by atoms with Crippen molar-refractivity contribution in [3.05, 3.63) is 89.2 Å². The molecule has 1 unspecified atom stereocenters. The highest BCUT2D eigenvalue weighted by atomic mass is 79.9. The molecule has 6 aromatic rings. The average Bonchev–Trinajstić information content (AvgIpc) is 4.30. The van der Waals surface area contributed by atoms with E-state index < -0.39 is 6.04 Å². The number of nitrogen functional groups attached to an aromatic ring is 4. The van der Waals surface area contributed by atoms with Crippen molar-refractivity contribution in [3.63, 3.8) is 0 Å². The van der Waals surface area contributed by atoms with E-state index >= 15 is 0 Å². The summed E-state index contributed by atoms with van der Waals surface area (Å²) < 4.78 is 11.7. The molecule has 6 heterocycles. The zero-order chi connectivity index (χ0) is 58.6. The van der Waals surface area contributed by atoms with E-state index in [0.717, 1.165) is 130 Å². The molecule has 0 aliphatic rings. The lowest BCUT2D eigenvalue weighted by Gasteiger charge is -2.07. The molecule has 6 rings (SSSR count). The number of ketones is 3. The number of anilines is 4. The summed E-state index contributed by atoms with van der Waals surface area (Å²) in [6, 6.07) is 3.21. The van der Waals surface area contributed by atoms with Gasteiger partial charge in [-0.1, -0.05) is 12.8 Å². The second-order valence-electron chi connectivity index (χ2n) is 17.4. The number of hydrogen-bond acceptors (Lipinski definition) is 19. The zero-order valence-electron chi connectivity index (χ0n) is 49.0. The van der Waals surface area contributed by atoms with Crippen LogP contribution in [0.1, 0.15) is 121 Å². The molecular weight excluding hydrogens is 1620 g/mol. The monoisotopic (exact) mass is 1710 g/mol. The van der Waals surface area contributed by atoms with Gasteiger partial charge < -0.3 is 91.1 Å². The predicted octanol–water partition coefficient (Wildman–Crippen LogP) is 9.37. The highest BCUT2D eigenvalue weighted by Gasteiger charge is 2.17. The Bertz CT molecular complexity index is 2670. The number of rotatable bonds is 26. The SMILES string of the molecule is COC(=O)C(N)CCCCN.Cl.Cl.Cl.Cl.Cl.Cl.Cl.Cl.Cl.Cl.Cn1c(C(=O)CCCCCc2cnc(N)[nH]2)cc(Br)c1Br.Cn1c(C(=O)CCCc2cnc(N)[nH]2)cc(Br)c1Br.NCCC(=O)CN.NCCCCc1cnc(N)[nH]1.NCCc1cnc(N)[nH]1. The summed E-state index contributed by atoms with van der Waals surface area (Å²) in [4.78, 5) is 72.6. The van der Waals surface area contributed by atoms with E-state index in [0.29, 0.717) is 74.8 Å². The van der Waals surface area contributed by atoms with E-state index in [4.69, 9.17) is 57.3 Å². The van der Waals surface area contributed by atoms with Crippen molar-refractivity contribution < 1.29 is 23.9 Å². The molecule has 0 aliphatic heterocycles. The lowest BCUT2D eigenvalue weighted by atomic mass is 10.1. The molecular formula is C49H92Br4Cl10N20O5. The molecule has 6 aromatic heterocycles. The van der Waals surface area contributed by atoms with Gasteiger partial charge in [0.1, 0.15) is 11.8 Å². The van der Waals surface area contributed by atoms with Gasteiger partial charge in [0.15, 0.2) is 35.4 Å². The van der Waals surface area contributed by atoms with Crippen molar-refractivity contribution in [2.45, 2.75) is 109 Å². The van der Waals surface area contributed by atoms with Crippen molar-refractivity contribution in [1.29, 1.82) is 0 Å². The Morgan fingerprint density at radius 3 is 1.10 bits per heavy atom. The minimum absolute atomic E-state index is 0. The zero-order valence-corrected chi connectivity index (χ0v) is 63.5. The maximum absolute atomic E-state index is 12.2. The van der Waals surface area contributed by atoms with Crippen LogP contribution in [-0.2, 0) is 54.1 Å². The van der Waals surface area contributed by atoms with Crippen LogP contribution in [0, 0.1) is 0 Å².